The number of benzene rings is 1. The molecule has 6 nitrogen and oxygen atoms in total. The van der Waals surface area contributed by atoms with Gasteiger partial charge in [-0.25, -0.2) is 12.8 Å². The van der Waals surface area contributed by atoms with Crippen LogP contribution in [-0.2, 0) is 19.4 Å². The van der Waals surface area contributed by atoms with E-state index in [0.717, 1.165) is 18.7 Å². The van der Waals surface area contributed by atoms with E-state index in [1.807, 2.05) is 0 Å². The number of sulfone groups is 1. The second-order valence-corrected chi connectivity index (χ2v) is 7.13. The Morgan fingerprint density at radius 3 is 2.73 bits per heavy atom. The lowest BCUT2D eigenvalue weighted by Crippen LogP contribution is -2.42. The van der Waals surface area contributed by atoms with Crippen molar-refractivity contribution in [3.05, 3.63) is 30.1 Å². The van der Waals surface area contributed by atoms with Crippen molar-refractivity contribution >= 4 is 15.7 Å². The third-order valence-electron chi connectivity index (χ3n) is 3.28. The lowest BCUT2D eigenvalue weighted by atomic mass is 10.2. The van der Waals surface area contributed by atoms with E-state index in [-0.39, 0.29) is 35.6 Å². The van der Waals surface area contributed by atoms with Crippen molar-refractivity contribution in [3.8, 4) is 0 Å². The van der Waals surface area contributed by atoms with E-state index >= 15 is 0 Å². The fraction of sp³-hybridized carbons (Fsp3) is 0.500. The van der Waals surface area contributed by atoms with Gasteiger partial charge in [-0.1, -0.05) is 0 Å². The molecule has 0 aliphatic carbocycles. The lowest BCUT2D eigenvalue weighted by molar-refractivity contribution is -0.124. The van der Waals surface area contributed by atoms with Crippen molar-refractivity contribution in [1.29, 1.82) is 0 Å². The monoisotopic (exact) mass is 330 g/mol. The smallest absolute Gasteiger partial charge is 0.222 e. The maximum absolute atomic E-state index is 12.8. The molecule has 0 saturated carbocycles. The zero-order valence-corrected chi connectivity index (χ0v) is 12.9. The Kier molecular flexibility index (Phi) is 5.87. The van der Waals surface area contributed by atoms with E-state index in [9.17, 15) is 17.6 Å². The van der Waals surface area contributed by atoms with Gasteiger partial charge in [0.05, 0.1) is 29.8 Å². The highest BCUT2D eigenvalue weighted by Crippen LogP contribution is 2.11. The molecule has 1 amide bonds. The maximum Gasteiger partial charge on any atom is 0.222 e. The van der Waals surface area contributed by atoms with Crippen molar-refractivity contribution in [2.24, 2.45) is 0 Å². The normalized spacial score (nSPS) is 18.9. The first kappa shape index (κ1) is 16.9. The molecule has 1 aliphatic rings. The molecule has 0 aromatic heterocycles. The first-order chi connectivity index (χ1) is 10.5. The molecular weight excluding hydrogens is 311 g/mol. The van der Waals surface area contributed by atoms with Gasteiger partial charge in [-0.2, -0.15) is 0 Å². The number of carbonyl (C=O) groups is 1. The summed E-state index contributed by atoms with van der Waals surface area (Å²) in [6, 6.07) is 4.62. The van der Waals surface area contributed by atoms with Crippen LogP contribution in [0.1, 0.15) is 6.42 Å². The largest absolute Gasteiger partial charge is 0.375 e. The van der Waals surface area contributed by atoms with Gasteiger partial charge in [0.15, 0.2) is 9.84 Å². The summed E-state index contributed by atoms with van der Waals surface area (Å²) in [5.74, 6) is -0.968. The molecule has 1 fully saturated rings. The summed E-state index contributed by atoms with van der Waals surface area (Å²) >= 11 is 0. The van der Waals surface area contributed by atoms with E-state index < -0.39 is 15.7 Å². The van der Waals surface area contributed by atoms with Gasteiger partial charge >= 0.3 is 0 Å². The Balaban J connectivity index is 1.77. The van der Waals surface area contributed by atoms with Crippen molar-refractivity contribution in [3.63, 3.8) is 0 Å². The van der Waals surface area contributed by atoms with Crippen LogP contribution in [-0.4, -0.2) is 52.4 Å². The molecule has 1 aliphatic heterocycles. The number of rotatable bonds is 6. The van der Waals surface area contributed by atoms with Crippen LogP contribution in [0.4, 0.5) is 4.39 Å². The number of nitrogens with one attached hydrogen (secondary N) is 2. The summed E-state index contributed by atoms with van der Waals surface area (Å²) in [5.41, 5.74) is 0. The summed E-state index contributed by atoms with van der Waals surface area (Å²) in [4.78, 5) is 11.8. The van der Waals surface area contributed by atoms with Crippen molar-refractivity contribution in [2.75, 3.05) is 32.0 Å². The van der Waals surface area contributed by atoms with Crippen LogP contribution < -0.4 is 10.6 Å². The van der Waals surface area contributed by atoms with Crippen LogP contribution in [0.25, 0.3) is 0 Å². The third kappa shape index (κ3) is 5.04. The van der Waals surface area contributed by atoms with E-state index in [1.54, 1.807) is 0 Å². The molecule has 1 aromatic carbocycles. The summed E-state index contributed by atoms with van der Waals surface area (Å²) in [6.07, 6.45) is 0.0197. The number of halogens is 1. The molecule has 1 atom stereocenters. The van der Waals surface area contributed by atoms with Gasteiger partial charge in [-0.05, 0) is 24.3 Å². The minimum Gasteiger partial charge on any atom is -0.375 e. The second kappa shape index (κ2) is 7.66. The van der Waals surface area contributed by atoms with E-state index in [1.165, 1.54) is 12.1 Å². The van der Waals surface area contributed by atoms with Crippen molar-refractivity contribution < 1.29 is 22.3 Å². The zero-order valence-electron chi connectivity index (χ0n) is 12.0. The van der Waals surface area contributed by atoms with Gasteiger partial charge in [0, 0.05) is 19.6 Å². The predicted octanol–water partition coefficient (Wildman–Crippen LogP) is 0.0941. The molecule has 8 heteroatoms. The third-order valence-corrected chi connectivity index (χ3v) is 5.02. The molecule has 1 saturated heterocycles. The van der Waals surface area contributed by atoms with Gasteiger partial charge < -0.3 is 15.4 Å². The molecule has 0 bridgehead atoms. The number of carbonyl (C=O) groups excluding carboxylic acids is 1. The Bertz CT molecular complexity index is 598. The number of hydrogen-bond acceptors (Lipinski definition) is 5. The summed E-state index contributed by atoms with van der Waals surface area (Å²) < 4.78 is 42.2. The lowest BCUT2D eigenvalue weighted by Gasteiger charge is -2.23. The van der Waals surface area contributed by atoms with E-state index in [4.69, 9.17) is 4.74 Å². The second-order valence-electron chi connectivity index (χ2n) is 5.02. The highest BCUT2D eigenvalue weighted by atomic mass is 32.2. The van der Waals surface area contributed by atoms with Crippen LogP contribution in [0.5, 0.6) is 0 Å². The molecule has 0 radical (unpaired) electrons. The fourth-order valence-corrected chi connectivity index (χ4v) is 3.27. The maximum atomic E-state index is 12.8. The minimum absolute atomic E-state index is 0.0126. The van der Waals surface area contributed by atoms with Gasteiger partial charge in [0.2, 0.25) is 5.91 Å². The molecular formula is C14H19FN2O4S. The SMILES string of the molecule is O=C(C[C@H]1CNCCO1)NCCS(=O)(=O)c1ccc(F)cc1. The number of ether oxygens (including phenoxy) is 1. The highest BCUT2D eigenvalue weighted by molar-refractivity contribution is 7.91. The molecule has 1 aromatic rings. The standard InChI is InChI=1S/C14H19FN2O4S/c15-11-1-3-13(4-2-11)22(19,20)8-6-17-14(18)9-12-10-16-5-7-21-12/h1-4,12,16H,5-10H2,(H,17,18)/t12-/m0/s1. The first-order valence-electron chi connectivity index (χ1n) is 7.05. The molecule has 2 N–H and O–H groups in total. The van der Waals surface area contributed by atoms with Crippen LogP contribution in [0.2, 0.25) is 0 Å². The molecule has 1 heterocycles. The van der Waals surface area contributed by atoms with Crippen LogP contribution >= 0.6 is 0 Å². The molecule has 2 rings (SSSR count). The van der Waals surface area contributed by atoms with Crippen molar-refractivity contribution in [2.45, 2.75) is 17.4 Å². The number of amides is 1. The topological polar surface area (TPSA) is 84.5 Å². The summed E-state index contributed by atoms with van der Waals surface area (Å²) in [7, 11) is -3.53. The van der Waals surface area contributed by atoms with Crippen LogP contribution in [0.3, 0.4) is 0 Å². The van der Waals surface area contributed by atoms with E-state index in [2.05, 4.69) is 10.6 Å². The molecule has 122 valence electrons. The Hall–Kier alpha value is -1.51. The molecule has 0 unspecified atom stereocenters. The number of hydrogen-bond donors (Lipinski definition) is 2. The Morgan fingerprint density at radius 2 is 2.09 bits per heavy atom. The van der Waals surface area contributed by atoms with Gasteiger partial charge in [-0.15, -0.1) is 0 Å². The van der Waals surface area contributed by atoms with E-state index in [0.29, 0.717) is 13.2 Å². The average molecular weight is 330 g/mol. The van der Waals surface area contributed by atoms with Crippen LogP contribution in [0.15, 0.2) is 29.2 Å². The average Bonchev–Trinajstić information content (AvgIpc) is 2.48. The fourth-order valence-electron chi connectivity index (χ4n) is 2.11. The molecule has 22 heavy (non-hydrogen) atoms. The van der Waals surface area contributed by atoms with Crippen molar-refractivity contribution in [1.82, 2.24) is 10.6 Å². The highest BCUT2D eigenvalue weighted by Gasteiger charge is 2.18. The summed E-state index contributed by atoms with van der Waals surface area (Å²) in [6.45, 7) is 1.96. The van der Waals surface area contributed by atoms with Crippen LogP contribution in [0, 0.1) is 5.82 Å². The Morgan fingerprint density at radius 1 is 1.36 bits per heavy atom. The Labute approximate surface area is 129 Å². The predicted molar refractivity (Wildman–Crippen MR) is 78.7 cm³/mol. The van der Waals surface area contributed by atoms with Gasteiger partial charge in [0.1, 0.15) is 5.82 Å². The number of morpholine rings is 1. The zero-order chi connectivity index (χ0) is 16.0. The minimum atomic E-state index is -3.53. The van der Waals surface area contributed by atoms with Gasteiger partial charge in [0.25, 0.3) is 0 Å². The molecule has 0 spiro atoms. The first-order valence-corrected chi connectivity index (χ1v) is 8.70. The van der Waals surface area contributed by atoms with Gasteiger partial charge in [-0.3, -0.25) is 4.79 Å². The summed E-state index contributed by atoms with van der Waals surface area (Å²) in [5, 5.41) is 5.68. The quantitative estimate of drug-likeness (QED) is 0.723.